The number of benzene rings is 1. The van der Waals surface area contributed by atoms with E-state index in [2.05, 4.69) is 9.97 Å². The van der Waals surface area contributed by atoms with Crippen LogP contribution < -0.4 is 15.4 Å². The lowest BCUT2D eigenvalue weighted by atomic mass is 10.3. The third-order valence-corrected chi connectivity index (χ3v) is 5.37. The fourth-order valence-corrected chi connectivity index (χ4v) is 3.89. The van der Waals surface area contributed by atoms with Crippen molar-refractivity contribution in [3.05, 3.63) is 78.7 Å². The molecule has 7 heteroatoms. The van der Waals surface area contributed by atoms with Crippen LogP contribution in [0.25, 0.3) is 0 Å². The number of nitrogens with zero attached hydrogens (tertiary/aromatic N) is 3. The molecule has 1 unspecified atom stereocenters. The smallest absolute Gasteiger partial charge is 0.178 e. The van der Waals surface area contributed by atoms with Gasteiger partial charge in [-0.1, -0.05) is 41.7 Å². The van der Waals surface area contributed by atoms with E-state index in [4.69, 9.17) is 10.5 Å². The van der Waals surface area contributed by atoms with E-state index in [1.165, 1.54) is 11.8 Å². The molecule has 1 aromatic carbocycles. The molecule has 0 aliphatic carbocycles. The molecule has 5 nitrogen and oxygen atoms in total. The highest BCUT2D eigenvalue weighted by molar-refractivity contribution is 8.03. The maximum absolute atomic E-state index is 6.15. The average molecular weight is 380 g/mol. The Kier molecular flexibility index (Phi) is 5.10. The number of thioether (sulfide) groups is 1. The lowest BCUT2D eigenvalue weighted by Gasteiger charge is -2.23. The van der Waals surface area contributed by atoms with Gasteiger partial charge in [0.15, 0.2) is 11.6 Å². The SMILES string of the molecule is NC1SC=CN1c1ncc(Sc2ccncc2)cc1Oc1ccccc1. The van der Waals surface area contributed by atoms with Crippen LogP contribution in [0.2, 0.25) is 0 Å². The molecule has 3 heterocycles. The van der Waals surface area contributed by atoms with Crippen LogP contribution >= 0.6 is 23.5 Å². The Balaban J connectivity index is 1.68. The first kappa shape index (κ1) is 17.0. The molecule has 4 rings (SSSR count). The average Bonchev–Trinajstić information content (AvgIpc) is 3.09. The van der Waals surface area contributed by atoms with Crippen molar-refractivity contribution >= 4 is 29.3 Å². The number of pyridine rings is 2. The number of hydrogen-bond donors (Lipinski definition) is 1. The third kappa shape index (κ3) is 3.85. The molecule has 1 aliphatic rings. The summed E-state index contributed by atoms with van der Waals surface area (Å²) in [5.74, 6) is 2.12. The first-order valence-corrected chi connectivity index (χ1v) is 9.72. The lowest BCUT2D eigenvalue weighted by molar-refractivity contribution is 0.478. The molecule has 1 atom stereocenters. The summed E-state index contributed by atoms with van der Waals surface area (Å²) in [6.45, 7) is 0. The summed E-state index contributed by atoms with van der Waals surface area (Å²) < 4.78 is 6.12. The number of hydrogen-bond acceptors (Lipinski definition) is 7. The maximum Gasteiger partial charge on any atom is 0.178 e. The molecular formula is C19H16N4OS2. The van der Waals surface area contributed by atoms with E-state index in [1.807, 2.05) is 71.2 Å². The Labute approximate surface area is 160 Å². The van der Waals surface area contributed by atoms with Gasteiger partial charge >= 0.3 is 0 Å². The zero-order chi connectivity index (χ0) is 17.8. The van der Waals surface area contributed by atoms with Crippen LogP contribution in [0.3, 0.4) is 0 Å². The quantitative estimate of drug-likeness (QED) is 0.689. The van der Waals surface area contributed by atoms with Crippen LogP contribution in [0.4, 0.5) is 5.82 Å². The van der Waals surface area contributed by atoms with E-state index in [0.29, 0.717) is 11.6 Å². The molecule has 2 N–H and O–H groups in total. The van der Waals surface area contributed by atoms with Crippen LogP contribution in [0, 0.1) is 0 Å². The second kappa shape index (κ2) is 7.82. The van der Waals surface area contributed by atoms with E-state index in [-0.39, 0.29) is 5.50 Å². The van der Waals surface area contributed by atoms with Gasteiger partial charge in [-0.05, 0) is 29.7 Å². The van der Waals surface area contributed by atoms with E-state index in [1.54, 1.807) is 24.2 Å². The number of nitrogens with two attached hydrogens (primary N) is 1. The van der Waals surface area contributed by atoms with Gasteiger partial charge in [0, 0.05) is 40.6 Å². The summed E-state index contributed by atoms with van der Waals surface area (Å²) in [4.78, 5) is 12.7. The van der Waals surface area contributed by atoms with Crippen LogP contribution in [-0.4, -0.2) is 15.5 Å². The summed E-state index contributed by atoms with van der Waals surface area (Å²) in [6, 6.07) is 15.6. The topological polar surface area (TPSA) is 64.3 Å². The van der Waals surface area contributed by atoms with Crippen LogP contribution in [0.5, 0.6) is 11.5 Å². The molecular weight excluding hydrogens is 364 g/mol. The Morgan fingerprint density at radius 3 is 2.62 bits per heavy atom. The van der Waals surface area contributed by atoms with Gasteiger partial charge < -0.3 is 15.4 Å². The van der Waals surface area contributed by atoms with Crippen molar-refractivity contribution in [3.8, 4) is 11.5 Å². The highest BCUT2D eigenvalue weighted by Crippen LogP contribution is 2.39. The standard InChI is InChI=1S/C19H16N4OS2/c20-19-23(10-11-25-19)18-17(24-14-4-2-1-3-5-14)12-16(13-22-18)26-15-6-8-21-9-7-15/h1-13,19H,20H2. The summed E-state index contributed by atoms with van der Waals surface area (Å²) in [5.41, 5.74) is 5.94. The third-order valence-electron chi connectivity index (χ3n) is 3.62. The molecule has 130 valence electrons. The van der Waals surface area contributed by atoms with Gasteiger partial charge in [-0.3, -0.25) is 4.98 Å². The Hall–Kier alpha value is -2.48. The van der Waals surface area contributed by atoms with E-state index < -0.39 is 0 Å². The fraction of sp³-hybridized carbons (Fsp3) is 0.0526. The minimum atomic E-state index is -0.209. The van der Waals surface area contributed by atoms with Gasteiger partial charge in [-0.15, -0.1) is 0 Å². The minimum absolute atomic E-state index is 0.209. The molecule has 0 saturated heterocycles. The molecule has 0 amide bonds. The number of rotatable bonds is 5. The summed E-state index contributed by atoms with van der Waals surface area (Å²) >= 11 is 3.15. The first-order valence-electron chi connectivity index (χ1n) is 7.96. The summed E-state index contributed by atoms with van der Waals surface area (Å²) in [7, 11) is 0. The number of para-hydroxylation sites is 1. The molecule has 0 spiro atoms. The summed E-state index contributed by atoms with van der Waals surface area (Å²) in [6.07, 6.45) is 7.31. The minimum Gasteiger partial charge on any atom is -0.453 e. The normalized spacial score (nSPS) is 16.0. The zero-order valence-corrected chi connectivity index (χ0v) is 15.4. The largest absolute Gasteiger partial charge is 0.453 e. The van der Waals surface area contributed by atoms with Crippen molar-refractivity contribution in [1.29, 1.82) is 0 Å². The van der Waals surface area contributed by atoms with Gasteiger partial charge in [0.25, 0.3) is 0 Å². The molecule has 2 aromatic heterocycles. The predicted molar refractivity (Wildman–Crippen MR) is 106 cm³/mol. The molecule has 0 bridgehead atoms. The van der Waals surface area contributed by atoms with Gasteiger partial charge in [-0.2, -0.15) is 0 Å². The first-order chi connectivity index (χ1) is 12.8. The monoisotopic (exact) mass is 380 g/mol. The zero-order valence-electron chi connectivity index (χ0n) is 13.7. The van der Waals surface area contributed by atoms with Crippen molar-refractivity contribution in [1.82, 2.24) is 9.97 Å². The molecule has 0 saturated carbocycles. The van der Waals surface area contributed by atoms with Crippen molar-refractivity contribution in [2.45, 2.75) is 15.3 Å². The fourth-order valence-electron chi connectivity index (χ4n) is 2.42. The second-order valence-corrected chi connectivity index (χ2v) is 7.59. The Bertz CT molecular complexity index is 906. The van der Waals surface area contributed by atoms with Gasteiger partial charge in [0.05, 0.1) is 0 Å². The van der Waals surface area contributed by atoms with E-state index in [9.17, 15) is 0 Å². The molecule has 26 heavy (non-hydrogen) atoms. The van der Waals surface area contributed by atoms with Crippen molar-refractivity contribution < 1.29 is 4.74 Å². The molecule has 3 aromatic rings. The lowest BCUT2D eigenvalue weighted by Crippen LogP contribution is -2.33. The van der Waals surface area contributed by atoms with Crippen molar-refractivity contribution in [3.63, 3.8) is 0 Å². The molecule has 0 radical (unpaired) electrons. The molecule has 0 fully saturated rings. The Morgan fingerprint density at radius 1 is 1.08 bits per heavy atom. The number of aromatic nitrogens is 2. The van der Waals surface area contributed by atoms with Crippen LogP contribution in [-0.2, 0) is 0 Å². The highest BCUT2D eigenvalue weighted by Gasteiger charge is 2.23. The van der Waals surface area contributed by atoms with Gasteiger partial charge in [0.1, 0.15) is 11.2 Å². The van der Waals surface area contributed by atoms with Gasteiger partial charge in [0.2, 0.25) is 0 Å². The summed E-state index contributed by atoms with van der Waals surface area (Å²) in [5, 5.41) is 1.96. The van der Waals surface area contributed by atoms with Gasteiger partial charge in [-0.25, -0.2) is 4.98 Å². The maximum atomic E-state index is 6.15. The molecule has 1 aliphatic heterocycles. The van der Waals surface area contributed by atoms with E-state index in [0.717, 1.165) is 15.5 Å². The van der Waals surface area contributed by atoms with Crippen molar-refractivity contribution in [2.24, 2.45) is 5.73 Å². The van der Waals surface area contributed by atoms with Crippen molar-refractivity contribution in [2.75, 3.05) is 4.90 Å². The number of anilines is 1. The van der Waals surface area contributed by atoms with E-state index >= 15 is 0 Å². The second-order valence-electron chi connectivity index (χ2n) is 5.41. The highest BCUT2D eigenvalue weighted by atomic mass is 32.2. The predicted octanol–water partition coefficient (Wildman–Crippen LogP) is 4.69. The van der Waals surface area contributed by atoms with Crippen LogP contribution in [0.15, 0.2) is 88.5 Å². The van der Waals surface area contributed by atoms with Crippen LogP contribution in [0.1, 0.15) is 0 Å². The number of ether oxygens (including phenoxy) is 1. The Morgan fingerprint density at radius 2 is 1.88 bits per heavy atom.